The molecule has 2 aromatic heterocycles. The average molecular weight is 315 g/mol. The van der Waals surface area contributed by atoms with Gasteiger partial charge in [0.2, 0.25) is 5.88 Å². The summed E-state index contributed by atoms with van der Waals surface area (Å²) in [6.45, 7) is 2.01. The molecule has 0 aliphatic rings. The molecule has 3 rings (SSSR count). The van der Waals surface area contributed by atoms with Crippen molar-refractivity contribution in [1.29, 1.82) is 0 Å². The highest BCUT2D eigenvalue weighted by Crippen LogP contribution is 2.24. The van der Waals surface area contributed by atoms with Gasteiger partial charge < -0.3 is 10.1 Å². The Morgan fingerprint density at radius 3 is 2.54 bits per heavy atom. The van der Waals surface area contributed by atoms with Crippen LogP contribution in [0, 0.1) is 11.8 Å². The van der Waals surface area contributed by atoms with Gasteiger partial charge in [0.05, 0.1) is 5.56 Å². The molecule has 3 aromatic rings. The van der Waals surface area contributed by atoms with Crippen molar-refractivity contribution in [3.63, 3.8) is 0 Å². The summed E-state index contributed by atoms with van der Waals surface area (Å²) in [6.07, 6.45) is 4.24. The molecule has 118 valence electrons. The number of pyridine rings is 2. The Kier molecular flexibility index (Phi) is 5.06. The molecule has 0 radical (unpaired) electrons. The Labute approximate surface area is 141 Å². The van der Waals surface area contributed by atoms with Gasteiger partial charge in [0, 0.05) is 24.5 Å². The molecule has 0 amide bonds. The van der Waals surface area contributed by atoms with E-state index >= 15 is 0 Å². The van der Waals surface area contributed by atoms with Gasteiger partial charge in [-0.3, -0.25) is 0 Å². The first kappa shape index (κ1) is 15.6. The third-order valence-corrected chi connectivity index (χ3v) is 3.18. The molecular weight excluding hydrogens is 298 g/mol. The van der Waals surface area contributed by atoms with Crippen LogP contribution >= 0.6 is 0 Å². The number of benzene rings is 1. The van der Waals surface area contributed by atoms with Crippen LogP contribution in [0.15, 0.2) is 67.0 Å². The standard InChI is InChI=1S/C20H17N3O/c1-2-3-7-16-8-6-15-22-20(16)24-18-12-10-17(11-13-18)23-19-9-4-5-14-21-19/h4-6,8-15H,2H2,1H3,(H,21,23). The van der Waals surface area contributed by atoms with Crippen molar-refractivity contribution in [1.82, 2.24) is 9.97 Å². The fourth-order valence-corrected chi connectivity index (χ4v) is 2.05. The summed E-state index contributed by atoms with van der Waals surface area (Å²) in [5.74, 6) is 8.13. The summed E-state index contributed by atoms with van der Waals surface area (Å²) in [7, 11) is 0. The first-order valence-corrected chi connectivity index (χ1v) is 7.75. The van der Waals surface area contributed by atoms with Crippen molar-refractivity contribution in [2.45, 2.75) is 13.3 Å². The molecule has 4 nitrogen and oxygen atoms in total. The fraction of sp³-hybridized carbons (Fsp3) is 0.100. The largest absolute Gasteiger partial charge is 0.438 e. The van der Waals surface area contributed by atoms with E-state index in [1.54, 1.807) is 12.4 Å². The number of hydrogen-bond donors (Lipinski definition) is 1. The zero-order valence-corrected chi connectivity index (χ0v) is 13.4. The first-order valence-electron chi connectivity index (χ1n) is 7.75. The minimum atomic E-state index is 0.517. The van der Waals surface area contributed by atoms with E-state index in [1.165, 1.54) is 0 Å². The van der Waals surface area contributed by atoms with Crippen molar-refractivity contribution in [3.05, 3.63) is 72.6 Å². The van der Waals surface area contributed by atoms with Gasteiger partial charge in [0.25, 0.3) is 0 Å². The third kappa shape index (κ3) is 4.11. The molecular formula is C20H17N3O. The fourth-order valence-electron chi connectivity index (χ4n) is 2.05. The van der Waals surface area contributed by atoms with Crippen LogP contribution in [0.2, 0.25) is 0 Å². The highest BCUT2D eigenvalue weighted by atomic mass is 16.5. The third-order valence-electron chi connectivity index (χ3n) is 3.18. The molecule has 1 aromatic carbocycles. The highest BCUT2D eigenvalue weighted by Gasteiger charge is 2.04. The molecule has 4 heteroatoms. The van der Waals surface area contributed by atoms with Crippen molar-refractivity contribution < 1.29 is 4.74 Å². The molecule has 0 unspecified atom stereocenters. The monoisotopic (exact) mass is 315 g/mol. The zero-order valence-electron chi connectivity index (χ0n) is 13.4. The number of hydrogen-bond acceptors (Lipinski definition) is 4. The summed E-state index contributed by atoms with van der Waals surface area (Å²) in [4.78, 5) is 8.50. The van der Waals surface area contributed by atoms with Gasteiger partial charge in [-0.15, -0.1) is 0 Å². The van der Waals surface area contributed by atoms with Gasteiger partial charge in [-0.1, -0.05) is 24.8 Å². The van der Waals surface area contributed by atoms with Gasteiger partial charge in [-0.25, -0.2) is 9.97 Å². The molecule has 0 aliphatic carbocycles. The molecule has 0 fully saturated rings. The lowest BCUT2D eigenvalue weighted by atomic mass is 10.2. The zero-order chi connectivity index (χ0) is 16.6. The summed E-state index contributed by atoms with van der Waals surface area (Å²) in [6, 6.07) is 17.1. The number of nitrogens with zero attached hydrogens (tertiary/aromatic N) is 2. The lowest BCUT2D eigenvalue weighted by molar-refractivity contribution is 0.461. The number of aromatic nitrogens is 2. The normalized spacial score (nSPS) is 9.71. The van der Waals surface area contributed by atoms with Gasteiger partial charge in [0.1, 0.15) is 11.6 Å². The van der Waals surface area contributed by atoms with Crippen LogP contribution in [0.4, 0.5) is 11.5 Å². The Balaban J connectivity index is 1.73. The second-order valence-corrected chi connectivity index (χ2v) is 4.98. The SMILES string of the molecule is CCC#Cc1cccnc1Oc1ccc(Nc2ccccn2)cc1. The lowest BCUT2D eigenvalue weighted by Gasteiger charge is -2.08. The Morgan fingerprint density at radius 2 is 1.79 bits per heavy atom. The maximum Gasteiger partial charge on any atom is 0.235 e. The predicted octanol–water partition coefficient (Wildman–Crippen LogP) is 4.77. The van der Waals surface area contributed by atoms with Crippen molar-refractivity contribution in [3.8, 4) is 23.5 Å². The number of nitrogens with one attached hydrogen (secondary N) is 1. The van der Waals surface area contributed by atoms with Crippen LogP contribution < -0.4 is 10.1 Å². The second-order valence-electron chi connectivity index (χ2n) is 4.98. The van der Waals surface area contributed by atoms with Crippen molar-refractivity contribution >= 4 is 11.5 Å². The smallest absolute Gasteiger partial charge is 0.235 e. The Bertz CT molecular complexity index is 849. The van der Waals surface area contributed by atoms with Gasteiger partial charge in [-0.2, -0.15) is 0 Å². The summed E-state index contributed by atoms with van der Waals surface area (Å²) in [5.41, 5.74) is 1.73. The number of anilines is 2. The van der Waals surface area contributed by atoms with Crippen LogP contribution in [-0.4, -0.2) is 9.97 Å². The van der Waals surface area contributed by atoms with Crippen LogP contribution in [0.25, 0.3) is 0 Å². The van der Waals surface area contributed by atoms with E-state index in [4.69, 9.17) is 4.74 Å². The van der Waals surface area contributed by atoms with Crippen molar-refractivity contribution in [2.75, 3.05) is 5.32 Å². The first-order chi connectivity index (χ1) is 11.8. The summed E-state index contributed by atoms with van der Waals surface area (Å²) < 4.78 is 5.85. The van der Waals surface area contributed by atoms with E-state index in [0.29, 0.717) is 11.6 Å². The second kappa shape index (κ2) is 7.80. The maximum atomic E-state index is 5.85. The summed E-state index contributed by atoms with van der Waals surface area (Å²) >= 11 is 0. The van der Waals surface area contributed by atoms with E-state index in [2.05, 4.69) is 27.1 Å². The molecule has 1 N–H and O–H groups in total. The van der Waals surface area contributed by atoms with E-state index < -0.39 is 0 Å². The Morgan fingerprint density at radius 1 is 0.958 bits per heavy atom. The predicted molar refractivity (Wildman–Crippen MR) is 95.4 cm³/mol. The minimum absolute atomic E-state index is 0.517. The lowest BCUT2D eigenvalue weighted by Crippen LogP contribution is -1.94. The molecule has 0 atom stereocenters. The topological polar surface area (TPSA) is 47.0 Å². The molecule has 0 spiro atoms. The van der Waals surface area contributed by atoms with E-state index in [-0.39, 0.29) is 0 Å². The van der Waals surface area contributed by atoms with E-state index in [9.17, 15) is 0 Å². The van der Waals surface area contributed by atoms with Crippen molar-refractivity contribution in [2.24, 2.45) is 0 Å². The summed E-state index contributed by atoms with van der Waals surface area (Å²) in [5, 5.41) is 3.23. The van der Waals surface area contributed by atoms with Crippen LogP contribution in [-0.2, 0) is 0 Å². The van der Waals surface area contributed by atoms with Crippen LogP contribution in [0.3, 0.4) is 0 Å². The highest BCUT2D eigenvalue weighted by molar-refractivity contribution is 5.57. The average Bonchev–Trinajstić information content (AvgIpc) is 2.63. The molecule has 0 bridgehead atoms. The number of rotatable bonds is 4. The molecule has 2 heterocycles. The van der Waals surface area contributed by atoms with Crippen LogP contribution in [0.1, 0.15) is 18.9 Å². The Hall–Kier alpha value is -3.32. The molecule has 24 heavy (non-hydrogen) atoms. The van der Waals surface area contributed by atoms with Gasteiger partial charge in [0.15, 0.2) is 0 Å². The van der Waals surface area contributed by atoms with Crippen LogP contribution in [0.5, 0.6) is 11.6 Å². The molecule has 0 aliphatic heterocycles. The van der Waals surface area contributed by atoms with Gasteiger partial charge in [-0.05, 0) is 48.5 Å². The van der Waals surface area contributed by atoms with E-state index in [1.807, 2.05) is 61.5 Å². The minimum Gasteiger partial charge on any atom is -0.438 e. The maximum absolute atomic E-state index is 5.85. The van der Waals surface area contributed by atoms with Gasteiger partial charge >= 0.3 is 0 Å². The molecule has 0 saturated carbocycles. The van der Waals surface area contributed by atoms with E-state index in [0.717, 1.165) is 23.5 Å². The quantitative estimate of drug-likeness (QED) is 0.704. The molecule has 0 saturated heterocycles. The number of ether oxygens (including phenoxy) is 1.